The lowest BCUT2D eigenvalue weighted by Gasteiger charge is -2.10. The van der Waals surface area contributed by atoms with Crippen molar-refractivity contribution in [3.8, 4) is 67.5 Å². The highest BCUT2D eigenvalue weighted by molar-refractivity contribution is 7.26. The van der Waals surface area contributed by atoms with Crippen molar-refractivity contribution < 1.29 is 4.42 Å². The average Bonchev–Trinajstić information content (AvgIpc) is 3.85. The molecule has 262 valence electrons. The summed E-state index contributed by atoms with van der Waals surface area (Å²) >= 11 is 1.84. The summed E-state index contributed by atoms with van der Waals surface area (Å²) < 4.78 is 9.41. The van der Waals surface area contributed by atoms with Gasteiger partial charge in [0, 0.05) is 42.1 Å². The summed E-state index contributed by atoms with van der Waals surface area (Å²) in [6, 6.07) is 65.7. The van der Waals surface area contributed by atoms with Crippen LogP contribution in [0.15, 0.2) is 192 Å². The van der Waals surface area contributed by atoms with Crippen LogP contribution in [0.4, 0.5) is 0 Å². The summed E-state index contributed by atoms with van der Waals surface area (Å²) in [6.07, 6.45) is 0. The Morgan fingerprint density at radius 3 is 1.73 bits per heavy atom. The van der Waals surface area contributed by atoms with Gasteiger partial charge in [-0.1, -0.05) is 146 Å². The van der Waals surface area contributed by atoms with Crippen molar-refractivity contribution in [2.45, 2.75) is 0 Å². The molecule has 0 aliphatic heterocycles. The van der Waals surface area contributed by atoms with E-state index in [0.717, 1.165) is 55.3 Å². The highest BCUT2D eigenvalue weighted by atomic mass is 32.1. The normalized spacial score (nSPS) is 11.6. The van der Waals surface area contributed by atoms with Gasteiger partial charge in [-0.2, -0.15) is 0 Å². The predicted molar refractivity (Wildman–Crippen MR) is 233 cm³/mol. The molecular formula is C51H31N3OS. The van der Waals surface area contributed by atoms with E-state index in [0.29, 0.717) is 17.5 Å². The second-order valence-electron chi connectivity index (χ2n) is 14.0. The van der Waals surface area contributed by atoms with Crippen molar-refractivity contribution in [1.29, 1.82) is 0 Å². The van der Waals surface area contributed by atoms with Gasteiger partial charge in [0.25, 0.3) is 0 Å². The fourth-order valence-corrected chi connectivity index (χ4v) is 9.00. The standard InChI is InChI=1S/C51H31N3OS/c1-4-14-32(15-5-1)35-20-12-21-37(28-35)50-52-49(34-18-8-3-9-19-34)53-51(54-50)42-24-13-23-40-39-27-26-36(30-44(39)55-48(40)42)43-29-38(33-16-6-2-7-17-33)31-46-47(43)41-22-10-11-25-45(41)56-46/h1-31H. The van der Waals surface area contributed by atoms with E-state index in [9.17, 15) is 0 Å². The molecule has 5 heteroatoms. The molecule has 11 rings (SSSR count). The molecule has 0 unspecified atom stereocenters. The molecule has 0 fully saturated rings. The van der Waals surface area contributed by atoms with Gasteiger partial charge in [-0.3, -0.25) is 0 Å². The van der Waals surface area contributed by atoms with E-state index >= 15 is 0 Å². The van der Waals surface area contributed by atoms with Gasteiger partial charge in [-0.25, -0.2) is 15.0 Å². The third-order valence-electron chi connectivity index (χ3n) is 10.5. The van der Waals surface area contributed by atoms with E-state index in [1.54, 1.807) is 0 Å². The fraction of sp³-hybridized carbons (Fsp3) is 0. The molecule has 0 saturated carbocycles. The van der Waals surface area contributed by atoms with Crippen LogP contribution < -0.4 is 0 Å². The number of hydrogen-bond donors (Lipinski definition) is 0. The smallest absolute Gasteiger partial charge is 0.167 e. The second-order valence-corrected chi connectivity index (χ2v) is 15.1. The van der Waals surface area contributed by atoms with Crippen molar-refractivity contribution in [1.82, 2.24) is 15.0 Å². The molecule has 3 heterocycles. The third kappa shape index (κ3) is 5.56. The van der Waals surface area contributed by atoms with Crippen molar-refractivity contribution in [3.63, 3.8) is 0 Å². The number of nitrogens with zero attached hydrogens (tertiary/aromatic N) is 3. The van der Waals surface area contributed by atoms with Crippen LogP contribution in [0.25, 0.3) is 110 Å². The van der Waals surface area contributed by atoms with Crippen LogP contribution in [0, 0.1) is 0 Å². The summed E-state index contributed by atoms with van der Waals surface area (Å²) in [5, 5.41) is 4.60. The Balaban J connectivity index is 1.09. The average molecular weight is 734 g/mol. The largest absolute Gasteiger partial charge is 0.455 e. The fourth-order valence-electron chi connectivity index (χ4n) is 7.83. The van der Waals surface area contributed by atoms with Crippen LogP contribution in [-0.4, -0.2) is 15.0 Å². The highest BCUT2D eigenvalue weighted by Crippen LogP contribution is 2.44. The topological polar surface area (TPSA) is 51.8 Å². The number of benzene rings is 8. The summed E-state index contributed by atoms with van der Waals surface area (Å²) in [6.45, 7) is 0. The molecule has 0 bridgehead atoms. The Hall–Kier alpha value is -7.21. The van der Waals surface area contributed by atoms with Crippen LogP contribution in [-0.2, 0) is 0 Å². The maximum atomic E-state index is 6.87. The summed E-state index contributed by atoms with van der Waals surface area (Å²) in [5.41, 5.74) is 11.1. The molecule has 0 aliphatic rings. The lowest BCUT2D eigenvalue weighted by atomic mass is 9.94. The SMILES string of the molecule is c1ccc(-c2cccc(-c3nc(-c4ccccc4)nc(-c4cccc5c4oc4cc(-c6cc(-c7ccccc7)cc7sc8ccccc8c67)ccc45)n3)c2)cc1. The summed E-state index contributed by atoms with van der Waals surface area (Å²) in [4.78, 5) is 15.2. The number of furan rings is 1. The Labute approximate surface area is 327 Å². The second kappa shape index (κ2) is 13.3. The van der Waals surface area contributed by atoms with E-state index < -0.39 is 0 Å². The number of thiophene rings is 1. The minimum Gasteiger partial charge on any atom is -0.455 e. The zero-order valence-corrected chi connectivity index (χ0v) is 30.9. The minimum atomic E-state index is 0.561. The van der Waals surface area contributed by atoms with Crippen molar-refractivity contribution >= 4 is 53.4 Å². The van der Waals surface area contributed by atoms with Crippen LogP contribution in [0.1, 0.15) is 0 Å². The van der Waals surface area contributed by atoms with E-state index in [1.165, 1.54) is 36.9 Å². The van der Waals surface area contributed by atoms with Crippen molar-refractivity contribution in [3.05, 3.63) is 188 Å². The van der Waals surface area contributed by atoms with Crippen molar-refractivity contribution in [2.24, 2.45) is 0 Å². The molecule has 11 aromatic rings. The van der Waals surface area contributed by atoms with Gasteiger partial charge in [0.15, 0.2) is 17.5 Å². The molecule has 0 spiro atoms. The monoisotopic (exact) mass is 733 g/mol. The minimum absolute atomic E-state index is 0.561. The first-order chi connectivity index (χ1) is 27.7. The number of para-hydroxylation sites is 1. The lowest BCUT2D eigenvalue weighted by Crippen LogP contribution is -2.00. The van der Waals surface area contributed by atoms with E-state index in [4.69, 9.17) is 19.4 Å². The number of hydrogen-bond acceptors (Lipinski definition) is 5. The van der Waals surface area contributed by atoms with Crippen LogP contribution >= 0.6 is 11.3 Å². The van der Waals surface area contributed by atoms with Crippen LogP contribution in [0.5, 0.6) is 0 Å². The lowest BCUT2D eigenvalue weighted by molar-refractivity contribution is 0.669. The molecule has 0 atom stereocenters. The maximum absolute atomic E-state index is 6.87. The van der Waals surface area contributed by atoms with Crippen LogP contribution in [0.3, 0.4) is 0 Å². The Bertz CT molecular complexity index is 3240. The zero-order valence-electron chi connectivity index (χ0n) is 30.1. The van der Waals surface area contributed by atoms with Gasteiger partial charge in [0.05, 0.1) is 5.56 Å². The number of fused-ring (bicyclic) bond motifs is 6. The number of rotatable bonds is 6. The van der Waals surface area contributed by atoms with E-state index in [1.807, 2.05) is 53.8 Å². The van der Waals surface area contributed by atoms with Gasteiger partial charge in [-0.15, -0.1) is 11.3 Å². The molecule has 4 nitrogen and oxygen atoms in total. The van der Waals surface area contributed by atoms with Gasteiger partial charge in [0.1, 0.15) is 11.2 Å². The molecule has 0 N–H and O–H groups in total. The maximum Gasteiger partial charge on any atom is 0.167 e. The molecule has 0 saturated heterocycles. The molecule has 56 heavy (non-hydrogen) atoms. The van der Waals surface area contributed by atoms with Crippen molar-refractivity contribution in [2.75, 3.05) is 0 Å². The Morgan fingerprint density at radius 2 is 0.946 bits per heavy atom. The molecular weight excluding hydrogens is 703 g/mol. The summed E-state index contributed by atoms with van der Waals surface area (Å²) in [7, 11) is 0. The zero-order chi connectivity index (χ0) is 37.0. The van der Waals surface area contributed by atoms with Gasteiger partial charge in [-0.05, 0) is 75.8 Å². The first-order valence-corrected chi connectivity index (χ1v) is 19.5. The summed E-state index contributed by atoms with van der Waals surface area (Å²) in [5.74, 6) is 1.77. The third-order valence-corrected chi connectivity index (χ3v) is 11.6. The molecule has 0 amide bonds. The molecule has 0 aliphatic carbocycles. The Kier molecular flexibility index (Phi) is 7.64. The Morgan fingerprint density at radius 1 is 0.339 bits per heavy atom. The van der Waals surface area contributed by atoms with Crippen LogP contribution in [0.2, 0.25) is 0 Å². The number of aromatic nitrogens is 3. The first-order valence-electron chi connectivity index (χ1n) is 18.7. The van der Waals surface area contributed by atoms with Gasteiger partial charge < -0.3 is 4.42 Å². The highest BCUT2D eigenvalue weighted by Gasteiger charge is 2.20. The van der Waals surface area contributed by atoms with Gasteiger partial charge in [0.2, 0.25) is 0 Å². The van der Waals surface area contributed by atoms with E-state index in [2.05, 4.69) is 146 Å². The quantitative estimate of drug-likeness (QED) is 0.171. The van der Waals surface area contributed by atoms with Gasteiger partial charge >= 0.3 is 0 Å². The predicted octanol–water partition coefficient (Wildman–Crippen LogP) is 14.1. The molecule has 3 aromatic heterocycles. The molecule has 0 radical (unpaired) electrons. The molecule has 8 aromatic carbocycles. The first kappa shape index (κ1) is 32.2. The van der Waals surface area contributed by atoms with E-state index in [-0.39, 0.29) is 0 Å².